The van der Waals surface area contributed by atoms with Gasteiger partial charge in [-0.3, -0.25) is 4.79 Å². The van der Waals surface area contributed by atoms with E-state index in [2.05, 4.69) is 4.98 Å². The van der Waals surface area contributed by atoms with Gasteiger partial charge in [0.2, 0.25) is 0 Å². The number of carboxylic acids is 1. The van der Waals surface area contributed by atoms with E-state index in [0.29, 0.717) is 6.54 Å². The highest BCUT2D eigenvalue weighted by molar-refractivity contribution is 5.84. The molecule has 16 heavy (non-hydrogen) atoms. The minimum absolute atomic E-state index is 0.0678. The van der Waals surface area contributed by atoms with Crippen molar-refractivity contribution >= 4 is 16.9 Å². The fourth-order valence-corrected chi connectivity index (χ4v) is 1.96. The molecule has 84 valence electrons. The number of aliphatic carboxylic acids is 1. The van der Waals surface area contributed by atoms with Gasteiger partial charge in [-0.1, -0.05) is 18.2 Å². The average molecular weight is 218 g/mol. The molecule has 1 aromatic carbocycles. The van der Waals surface area contributed by atoms with E-state index in [-0.39, 0.29) is 12.3 Å². The predicted molar refractivity (Wildman–Crippen MR) is 62.3 cm³/mol. The van der Waals surface area contributed by atoms with Crippen LogP contribution >= 0.6 is 0 Å². The highest BCUT2D eigenvalue weighted by Gasteiger charge is 2.17. The Hall–Kier alpha value is -1.81. The lowest BCUT2D eigenvalue weighted by atomic mass is 9.95. The summed E-state index contributed by atoms with van der Waals surface area (Å²) >= 11 is 0. The largest absolute Gasteiger partial charge is 0.481 e. The van der Waals surface area contributed by atoms with Gasteiger partial charge in [-0.15, -0.1) is 0 Å². The molecule has 1 aromatic heterocycles. The fourth-order valence-electron chi connectivity index (χ4n) is 1.96. The van der Waals surface area contributed by atoms with Gasteiger partial charge >= 0.3 is 5.97 Å². The van der Waals surface area contributed by atoms with Crippen LogP contribution in [0.2, 0.25) is 0 Å². The molecule has 2 aromatic rings. The van der Waals surface area contributed by atoms with E-state index in [4.69, 9.17) is 10.8 Å². The lowest BCUT2D eigenvalue weighted by molar-refractivity contribution is -0.137. The van der Waals surface area contributed by atoms with Crippen molar-refractivity contribution in [3.63, 3.8) is 0 Å². The molecule has 0 aliphatic rings. The number of carboxylic acid groups (broad SMARTS) is 1. The third-order valence-corrected chi connectivity index (χ3v) is 2.77. The van der Waals surface area contributed by atoms with Gasteiger partial charge in [0.1, 0.15) is 0 Å². The van der Waals surface area contributed by atoms with Crippen LogP contribution in [-0.2, 0) is 4.79 Å². The molecule has 0 fully saturated rings. The smallest absolute Gasteiger partial charge is 0.304 e. The van der Waals surface area contributed by atoms with Gasteiger partial charge in [0, 0.05) is 23.0 Å². The maximum atomic E-state index is 10.7. The SMILES string of the molecule is NC[C@@H](CC(=O)O)c1c[nH]c2ccccc12. The molecule has 0 unspecified atom stereocenters. The first kappa shape index (κ1) is 10.7. The van der Waals surface area contributed by atoms with Crippen molar-refractivity contribution < 1.29 is 9.90 Å². The average Bonchev–Trinajstić information content (AvgIpc) is 2.69. The van der Waals surface area contributed by atoms with Crippen molar-refractivity contribution in [1.29, 1.82) is 0 Å². The first-order valence-corrected chi connectivity index (χ1v) is 5.20. The standard InChI is InChI=1S/C12H14N2O2/c13-6-8(5-12(15)16)10-7-14-11-4-2-1-3-9(10)11/h1-4,7-8,14H,5-6,13H2,(H,15,16)/t8-/m1/s1. The van der Waals surface area contributed by atoms with Crippen molar-refractivity contribution in [3.8, 4) is 0 Å². The third kappa shape index (κ3) is 1.92. The molecule has 0 radical (unpaired) electrons. The van der Waals surface area contributed by atoms with Crippen LogP contribution in [-0.4, -0.2) is 22.6 Å². The molecule has 4 N–H and O–H groups in total. The van der Waals surface area contributed by atoms with Crippen LogP contribution in [0.3, 0.4) is 0 Å². The van der Waals surface area contributed by atoms with E-state index in [9.17, 15) is 4.79 Å². The summed E-state index contributed by atoms with van der Waals surface area (Å²) < 4.78 is 0. The zero-order valence-corrected chi connectivity index (χ0v) is 8.81. The number of hydrogen-bond donors (Lipinski definition) is 3. The number of rotatable bonds is 4. The lowest BCUT2D eigenvalue weighted by Crippen LogP contribution is -2.15. The number of fused-ring (bicyclic) bond motifs is 1. The Morgan fingerprint density at radius 2 is 2.19 bits per heavy atom. The molecule has 0 aliphatic carbocycles. The normalized spacial score (nSPS) is 12.8. The molecule has 0 saturated heterocycles. The van der Waals surface area contributed by atoms with Crippen LogP contribution in [0.25, 0.3) is 10.9 Å². The number of para-hydroxylation sites is 1. The topological polar surface area (TPSA) is 79.1 Å². The van der Waals surface area contributed by atoms with Gasteiger partial charge in [0.05, 0.1) is 6.42 Å². The maximum Gasteiger partial charge on any atom is 0.304 e. The Labute approximate surface area is 93.1 Å². The summed E-state index contributed by atoms with van der Waals surface area (Å²) in [6.07, 6.45) is 1.92. The number of hydrogen-bond acceptors (Lipinski definition) is 2. The van der Waals surface area contributed by atoms with E-state index in [1.807, 2.05) is 30.5 Å². The van der Waals surface area contributed by atoms with Crippen LogP contribution in [0.15, 0.2) is 30.5 Å². The van der Waals surface area contributed by atoms with Crippen molar-refractivity contribution in [3.05, 3.63) is 36.0 Å². The van der Waals surface area contributed by atoms with Crippen LogP contribution in [0.5, 0.6) is 0 Å². The van der Waals surface area contributed by atoms with Gasteiger partial charge in [0.25, 0.3) is 0 Å². The van der Waals surface area contributed by atoms with Gasteiger partial charge in [0.15, 0.2) is 0 Å². The quantitative estimate of drug-likeness (QED) is 0.730. The van der Waals surface area contributed by atoms with E-state index in [1.54, 1.807) is 0 Å². The molecule has 0 amide bonds. The number of benzene rings is 1. The molecule has 2 rings (SSSR count). The van der Waals surface area contributed by atoms with Crippen molar-refractivity contribution in [2.45, 2.75) is 12.3 Å². The number of aromatic amines is 1. The number of nitrogens with one attached hydrogen (secondary N) is 1. The monoisotopic (exact) mass is 218 g/mol. The molecule has 1 atom stereocenters. The summed E-state index contributed by atoms with van der Waals surface area (Å²) in [5, 5.41) is 9.87. The minimum atomic E-state index is -0.819. The fraction of sp³-hybridized carbons (Fsp3) is 0.250. The first-order chi connectivity index (χ1) is 7.72. The van der Waals surface area contributed by atoms with E-state index >= 15 is 0 Å². The van der Waals surface area contributed by atoms with Crippen LogP contribution in [0.4, 0.5) is 0 Å². The van der Waals surface area contributed by atoms with Gasteiger partial charge in [-0.05, 0) is 18.2 Å². The highest BCUT2D eigenvalue weighted by Crippen LogP contribution is 2.26. The number of carbonyl (C=O) groups is 1. The second-order valence-corrected chi connectivity index (χ2v) is 3.82. The zero-order chi connectivity index (χ0) is 11.5. The van der Waals surface area contributed by atoms with Crippen LogP contribution < -0.4 is 5.73 Å². The van der Waals surface area contributed by atoms with E-state index < -0.39 is 5.97 Å². The number of H-pyrrole nitrogens is 1. The first-order valence-electron chi connectivity index (χ1n) is 5.20. The van der Waals surface area contributed by atoms with Crippen molar-refractivity contribution in [1.82, 2.24) is 4.98 Å². The molecular formula is C12H14N2O2. The summed E-state index contributed by atoms with van der Waals surface area (Å²) in [5.74, 6) is -0.950. The van der Waals surface area contributed by atoms with Gasteiger partial charge in [-0.2, -0.15) is 0 Å². The second-order valence-electron chi connectivity index (χ2n) is 3.82. The van der Waals surface area contributed by atoms with Gasteiger partial charge in [-0.25, -0.2) is 0 Å². The zero-order valence-electron chi connectivity index (χ0n) is 8.81. The van der Waals surface area contributed by atoms with Crippen LogP contribution in [0, 0.1) is 0 Å². The Bertz CT molecular complexity index is 504. The minimum Gasteiger partial charge on any atom is -0.481 e. The van der Waals surface area contributed by atoms with Crippen LogP contribution in [0.1, 0.15) is 17.9 Å². The molecular weight excluding hydrogens is 204 g/mol. The molecule has 0 bridgehead atoms. The summed E-state index contributed by atoms with van der Waals surface area (Å²) in [7, 11) is 0. The third-order valence-electron chi connectivity index (χ3n) is 2.77. The van der Waals surface area contributed by atoms with Crippen molar-refractivity contribution in [2.24, 2.45) is 5.73 Å². The second kappa shape index (κ2) is 4.37. The summed E-state index contributed by atoms with van der Waals surface area (Å²) in [4.78, 5) is 13.9. The van der Waals surface area contributed by atoms with Crippen molar-refractivity contribution in [2.75, 3.05) is 6.54 Å². The molecule has 0 saturated carbocycles. The number of aromatic nitrogens is 1. The maximum absolute atomic E-state index is 10.7. The summed E-state index contributed by atoms with van der Waals surface area (Å²) in [5.41, 5.74) is 7.63. The predicted octanol–water partition coefficient (Wildman–Crippen LogP) is 1.68. The molecule has 4 nitrogen and oxygen atoms in total. The molecule has 0 spiro atoms. The van der Waals surface area contributed by atoms with E-state index in [1.165, 1.54) is 0 Å². The molecule has 4 heteroatoms. The Balaban J connectivity index is 2.41. The Morgan fingerprint density at radius 3 is 2.88 bits per heavy atom. The number of nitrogens with two attached hydrogens (primary N) is 1. The summed E-state index contributed by atoms with van der Waals surface area (Å²) in [6.45, 7) is 0.341. The Kier molecular flexibility index (Phi) is 2.92. The summed E-state index contributed by atoms with van der Waals surface area (Å²) in [6, 6.07) is 7.82. The van der Waals surface area contributed by atoms with E-state index in [0.717, 1.165) is 16.5 Å². The molecule has 1 heterocycles. The van der Waals surface area contributed by atoms with Gasteiger partial charge < -0.3 is 15.8 Å². The molecule has 0 aliphatic heterocycles. The Morgan fingerprint density at radius 1 is 1.44 bits per heavy atom. The lowest BCUT2D eigenvalue weighted by Gasteiger charge is -2.10. The highest BCUT2D eigenvalue weighted by atomic mass is 16.4.